The van der Waals surface area contributed by atoms with Crippen molar-refractivity contribution in [2.45, 2.75) is 142 Å². The molecule has 5 N–H and O–H groups in total. The van der Waals surface area contributed by atoms with Crippen LogP contribution in [-0.2, 0) is 18.4 Å². The molecule has 9 heteroatoms. The maximum atomic E-state index is 12.7. The molecule has 0 saturated carbocycles. The predicted molar refractivity (Wildman–Crippen MR) is 225 cm³/mol. The lowest BCUT2D eigenvalue weighted by Crippen LogP contribution is -2.45. The summed E-state index contributed by atoms with van der Waals surface area (Å²) in [6, 6.07) is -0.931. The number of nitrogens with two attached hydrogens (primary N) is 1. The van der Waals surface area contributed by atoms with E-state index in [-0.39, 0.29) is 25.5 Å². The van der Waals surface area contributed by atoms with Gasteiger partial charge in [0.15, 0.2) is 0 Å². The molecule has 0 aromatic carbocycles. The zero-order valence-corrected chi connectivity index (χ0v) is 33.8. The van der Waals surface area contributed by atoms with E-state index in [9.17, 15) is 19.4 Å². The molecule has 0 aliphatic heterocycles. The molecule has 3 atom stereocenters. The number of phosphoric acid groups is 1. The molecule has 1 amide bonds. The lowest BCUT2D eigenvalue weighted by molar-refractivity contribution is -0.122. The summed E-state index contributed by atoms with van der Waals surface area (Å²) in [7, 11) is -4.38. The molecule has 0 fully saturated rings. The van der Waals surface area contributed by atoms with Crippen LogP contribution in [0.2, 0.25) is 0 Å². The minimum atomic E-state index is -4.38. The van der Waals surface area contributed by atoms with Crippen LogP contribution in [0.15, 0.2) is 109 Å². The van der Waals surface area contributed by atoms with Crippen molar-refractivity contribution in [3.63, 3.8) is 0 Å². The number of hydrogen-bond donors (Lipinski definition) is 4. The van der Waals surface area contributed by atoms with Gasteiger partial charge in [-0.3, -0.25) is 13.8 Å². The van der Waals surface area contributed by atoms with Crippen molar-refractivity contribution >= 4 is 13.7 Å². The van der Waals surface area contributed by atoms with Crippen LogP contribution in [0.4, 0.5) is 0 Å². The van der Waals surface area contributed by atoms with Gasteiger partial charge in [-0.2, -0.15) is 0 Å². The SMILES string of the molecule is CC/C=C\C/C=C\C/C=C\C/C=C\C/C=C\C/C=C\CCC(=O)NC(COP(=O)(O)OCCN)C(O)/C=C/CC/C=C/CC/C=C/CCCCCCC. The second-order valence-electron chi connectivity index (χ2n) is 12.7. The second-order valence-corrected chi connectivity index (χ2v) is 14.2. The summed E-state index contributed by atoms with van der Waals surface area (Å²) in [5, 5.41) is 13.5. The zero-order chi connectivity index (χ0) is 38.9. The van der Waals surface area contributed by atoms with E-state index >= 15 is 0 Å². The van der Waals surface area contributed by atoms with Crippen LogP contribution in [0.1, 0.15) is 129 Å². The number of aliphatic hydroxyl groups excluding tert-OH is 1. The Bertz CT molecular complexity index is 1180. The van der Waals surface area contributed by atoms with Crippen LogP contribution in [-0.4, -0.2) is 47.8 Å². The number of amides is 1. The number of nitrogens with one attached hydrogen (secondary N) is 1. The first kappa shape index (κ1) is 50.2. The van der Waals surface area contributed by atoms with Gasteiger partial charge in [-0.15, -0.1) is 0 Å². The summed E-state index contributed by atoms with van der Waals surface area (Å²) in [6.45, 7) is 3.88. The van der Waals surface area contributed by atoms with Crippen molar-refractivity contribution in [1.29, 1.82) is 0 Å². The number of hydrogen-bond acceptors (Lipinski definition) is 6. The highest BCUT2D eigenvalue weighted by Crippen LogP contribution is 2.43. The van der Waals surface area contributed by atoms with Gasteiger partial charge < -0.3 is 21.1 Å². The van der Waals surface area contributed by atoms with Crippen LogP contribution in [0.3, 0.4) is 0 Å². The number of carbonyl (C=O) groups excluding carboxylic acids is 1. The quantitative estimate of drug-likeness (QED) is 0.0288. The highest BCUT2D eigenvalue weighted by Gasteiger charge is 2.26. The first-order chi connectivity index (χ1) is 25.9. The number of phosphoric ester groups is 1. The molecule has 0 radical (unpaired) electrons. The summed E-state index contributed by atoms with van der Waals surface area (Å²) in [4.78, 5) is 22.6. The monoisotopic (exact) mass is 757 g/mol. The fraction of sp³-hybridized carbons (Fsp3) is 0.568. The zero-order valence-electron chi connectivity index (χ0n) is 32.9. The van der Waals surface area contributed by atoms with E-state index in [4.69, 9.17) is 14.8 Å². The number of allylic oxidation sites excluding steroid dienone is 17. The number of carbonyl (C=O) groups is 1. The summed E-state index contributed by atoms with van der Waals surface area (Å²) < 4.78 is 22.0. The minimum Gasteiger partial charge on any atom is -0.387 e. The Hall–Kier alpha value is -2.84. The third-order valence-electron chi connectivity index (χ3n) is 7.82. The molecule has 0 aromatic heterocycles. The third-order valence-corrected chi connectivity index (χ3v) is 8.81. The molecule has 0 rings (SSSR count). The average Bonchev–Trinajstić information content (AvgIpc) is 3.14. The molecule has 0 aliphatic carbocycles. The second kappa shape index (κ2) is 38.9. The third kappa shape index (κ3) is 37.3. The average molecular weight is 757 g/mol. The Balaban J connectivity index is 4.53. The topological polar surface area (TPSA) is 131 Å². The maximum absolute atomic E-state index is 12.7. The van der Waals surface area contributed by atoms with Crippen molar-refractivity contribution < 1.29 is 28.4 Å². The van der Waals surface area contributed by atoms with E-state index in [1.54, 1.807) is 6.08 Å². The first-order valence-electron chi connectivity index (χ1n) is 20.0. The lowest BCUT2D eigenvalue weighted by Gasteiger charge is -2.23. The van der Waals surface area contributed by atoms with E-state index < -0.39 is 26.6 Å². The molecule has 0 spiro atoms. The van der Waals surface area contributed by atoms with E-state index in [0.29, 0.717) is 12.8 Å². The van der Waals surface area contributed by atoms with E-state index in [1.807, 2.05) is 18.2 Å². The standard InChI is InChI=1S/C44H73N2O6P/c1-3-5-7-9-11-13-15-17-19-20-21-22-24-26-28-30-32-34-36-38-44(48)46-42(41-52-53(49,50)51-40-39-45)43(47)37-35-33-31-29-27-25-23-18-16-14-12-10-8-6-4-2/h5,7,11,13,16-19,21-22,26-29,32,34-35,37,42-43,47H,3-4,6,8-10,12,14-15,20,23-25,30-31,33,36,38-41,45H2,1-2H3,(H,46,48)(H,49,50)/b7-5-,13-11-,18-16+,19-17-,22-21-,28-26-,29-27+,34-32-,37-35+. The summed E-state index contributed by atoms with van der Waals surface area (Å²) >= 11 is 0. The van der Waals surface area contributed by atoms with Gasteiger partial charge in [-0.1, -0.05) is 149 Å². The Kier molecular flexibility index (Phi) is 36.8. The van der Waals surface area contributed by atoms with Crippen LogP contribution in [0.5, 0.6) is 0 Å². The van der Waals surface area contributed by atoms with Gasteiger partial charge in [0.2, 0.25) is 5.91 Å². The fourth-order valence-electron chi connectivity index (χ4n) is 4.83. The normalized spacial score (nSPS) is 15.3. The lowest BCUT2D eigenvalue weighted by atomic mass is 10.1. The maximum Gasteiger partial charge on any atom is 0.472 e. The molecule has 3 unspecified atom stereocenters. The highest BCUT2D eigenvalue weighted by atomic mass is 31.2. The molecule has 0 bridgehead atoms. The fourth-order valence-corrected chi connectivity index (χ4v) is 5.59. The molecule has 0 aliphatic rings. The smallest absolute Gasteiger partial charge is 0.387 e. The molecule has 53 heavy (non-hydrogen) atoms. The van der Waals surface area contributed by atoms with Gasteiger partial charge in [-0.25, -0.2) is 4.57 Å². The van der Waals surface area contributed by atoms with Gasteiger partial charge in [0.25, 0.3) is 0 Å². The predicted octanol–water partition coefficient (Wildman–Crippen LogP) is 11.0. The summed E-state index contributed by atoms with van der Waals surface area (Å²) in [6.07, 6.45) is 54.4. The van der Waals surface area contributed by atoms with Crippen LogP contribution >= 0.6 is 7.82 Å². The summed E-state index contributed by atoms with van der Waals surface area (Å²) in [5.74, 6) is -0.297. The highest BCUT2D eigenvalue weighted by molar-refractivity contribution is 7.47. The van der Waals surface area contributed by atoms with Crippen molar-refractivity contribution in [3.8, 4) is 0 Å². The van der Waals surface area contributed by atoms with Crippen molar-refractivity contribution in [3.05, 3.63) is 109 Å². The number of unbranched alkanes of at least 4 members (excludes halogenated alkanes) is 7. The van der Waals surface area contributed by atoms with Crippen LogP contribution in [0, 0.1) is 0 Å². The molecule has 0 aromatic rings. The van der Waals surface area contributed by atoms with E-state index in [2.05, 4.69) is 104 Å². The Labute approximate surface area is 323 Å². The molecule has 300 valence electrons. The van der Waals surface area contributed by atoms with Gasteiger partial charge >= 0.3 is 7.82 Å². The molecule has 8 nitrogen and oxygen atoms in total. The number of aliphatic hydroxyl groups is 1. The first-order valence-corrected chi connectivity index (χ1v) is 21.5. The van der Waals surface area contributed by atoms with E-state index in [1.165, 1.54) is 32.1 Å². The minimum absolute atomic E-state index is 0.0539. The summed E-state index contributed by atoms with van der Waals surface area (Å²) in [5.41, 5.74) is 5.35. The molecule has 0 saturated heterocycles. The van der Waals surface area contributed by atoms with Gasteiger partial charge in [0, 0.05) is 13.0 Å². The van der Waals surface area contributed by atoms with Crippen LogP contribution < -0.4 is 11.1 Å². The largest absolute Gasteiger partial charge is 0.472 e. The number of rotatable bonds is 35. The Morgan fingerprint density at radius 3 is 1.64 bits per heavy atom. The van der Waals surface area contributed by atoms with Crippen molar-refractivity contribution in [1.82, 2.24) is 5.32 Å². The van der Waals surface area contributed by atoms with E-state index in [0.717, 1.165) is 64.2 Å². The van der Waals surface area contributed by atoms with Crippen LogP contribution in [0.25, 0.3) is 0 Å². The molecular weight excluding hydrogens is 683 g/mol. The Morgan fingerprint density at radius 2 is 1.11 bits per heavy atom. The van der Waals surface area contributed by atoms with Gasteiger partial charge in [0.1, 0.15) is 0 Å². The van der Waals surface area contributed by atoms with Crippen molar-refractivity contribution in [2.75, 3.05) is 19.8 Å². The molecular formula is C44H73N2O6P. The molecule has 0 heterocycles. The van der Waals surface area contributed by atoms with Crippen molar-refractivity contribution in [2.24, 2.45) is 5.73 Å². The Morgan fingerprint density at radius 1 is 0.642 bits per heavy atom. The van der Waals surface area contributed by atoms with Gasteiger partial charge in [-0.05, 0) is 83.5 Å². The van der Waals surface area contributed by atoms with Gasteiger partial charge in [0.05, 0.1) is 25.4 Å².